The smallest absolute Gasteiger partial charge is 0.331 e. The third-order valence-electron chi connectivity index (χ3n) is 3.08. The molecule has 7 heteroatoms. The Balaban J connectivity index is 1.81. The predicted octanol–water partition coefficient (Wildman–Crippen LogP) is 3.46. The number of amides is 1. The summed E-state index contributed by atoms with van der Waals surface area (Å²) in [5.41, 5.74) is 0.147. The fourth-order valence-corrected chi connectivity index (χ4v) is 2.55. The van der Waals surface area contributed by atoms with Gasteiger partial charge in [0.1, 0.15) is 11.6 Å². The Bertz CT molecular complexity index is 744. The van der Waals surface area contributed by atoms with Crippen molar-refractivity contribution in [2.75, 3.05) is 6.61 Å². The van der Waals surface area contributed by atoms with Crippen LogP contribution in [0.5, 0.6) is 0 Å². The number of benzene rings is 1. The average Bonchev–Trinajstić information content (AvgIpc) is 3.04. The summed E-state index contributed by atoms with van der Waals surface area (Å²) in [4.78, 5) is 24.1. The van der Waals surface area contributed by atoms with Gasteiger partial charge >= 0.3 is 5.97 Å². The number of carbonyl (C=O) groups excluding carboxylic acids is 2. The molecule has 0 aliphatic carbocycles. The Kier molecular flexibility index (Phi) is 6.20. The van der Waals surface area contributed by atoms with Crippen molar-refractivity contribution in [3.8, 4) is 0 Å². The molecule has 0 saturated carbocycles. The molecular weight excluding hydrogens is 336 g/mol. The van der Waals surface area contributed by atoms with Crippen LogP contribution in [0.25, 0.3) is 6.08 Å². The van der Waals surface area contributed by atoms with Crippen LogP contribution in [0.4, 0.5) is 8.78 Å². The van der Waals surface area contributed by atoms with Gasteiger partial charge < -0.3 is 10.1 Å². The van der Waals surface area contributed by atoms with Crippen molar-refractivity contribution in [1.82, 2.24) is 5.32 Å². The normalized spacial score (nSPS) is 12.1. The number of ether oxygens (including phenoxy) is 1. The van der Waals surface area contributed by atoms with Crippen LogP contribution in [0.15, 0.2) is 41.8 Å². The summed E-state index contributed by atoms with van der Waals surface area (Å²) in [6.07, 6.45) is 2.81. The minimum atomic E-state index is -0.751. The summed E-state index contributed by atoms with van der Waals surface area (Å²) >= 11 is 1.46. The zero-order valence-corrected chi connectivity index (χ0v) is 13.6. The van der Waals surface area contributed by atoms with Crippen molar-refractivity contribution in [2.45, 2.75) is 13.0 Å². The zero-order valence-electron chi connectivity index (χ0n) is 12.8. The van der Waals surface area contributed by atoms with Gasteiger partial charge in [-0.3, -0.25) is 4.79 Å². The van der Waals surface area contributed by atoms with Crippen LogP contribution in [0, 0.1) is 11.6 Å². The maximum Gasteiger partial charge on any atom is 0.331 e. The SMILES string of the molecule is C[C@@H](NC(=O)COC(=O)/C=C/c1cccs1)c1ccc(F)cc1F. The lowest BCUT2D eigenvalue weighted by molar-refractivity contribution is -0.144. The summed E-state index contributed by atoms with van der Waals surface area (Å²) in [5, 5.41) is 4.35. The third kappa shape index (κ3) is 5.27. The van der Waals surface area contributed by atoms with Crippen LogP contribution in [0.2, 0.25) is 0 Å². The first-order valence-corrected chi connectivity index (χ1v) is 7.96. The van der Waals surface area contributed by atoms with Crippen molar-refractivity contribution < 1.29 is 23.1 Å². The number of carbonyl (C=O) groups is 2. The number of hydrogen-bond donors (Lipinski definition) is 1. The van der Waals surface area contributed by atoms with E-state index in [-0.39, 0.29) is 5.56 Å². The monoisotopic (exact) mass is 351 g/mol. The van der Waals surface area contributed by atoms with Crippen LogP contribution in [-0.4, -0.2) is 18.5 Å². The predicted molar refractivity (Wildman–Crippen MR) is 87.2 cm³/mol. The molecule has 1 heterocycles. The molecule has 0 fully saturated rings. The first-order valence-electron chi connectivity index (χ1n) is 7.08. The van der Waals surface area contributed by atoms with Gasteiger partial charge in [-0.25, -0.2) is 13.6 Å². The van der Waals surface area contributed by atoms with E-state index in [1.807, 2.05) is 17.5 Å². The van der Waals surface area contributed by atoms with Crippen LogP contribution in [0.1, 0.15) is 23.4 Å². The van der Waals surface area contributed by atoms with Gasteiger partial charge in [0.25, 0.3) is 5.91 Å². The first-order chi connectivity index (χ1) is 11.5. The molecule has 0 spiro atoms. The van der Waals surface area contributed by atoms with E-state index < -0.39 is 36.2 Å². The van der Waals surface area contributed by atoms with E-state index in [1.54, 1.807) is 13.0 Å². The van der Waals surface area contributed by atoms with Crippen molar-refractivity contribution in [2.24, 2.45) is 0 Å². The van der Waals surface area contributed by atoms with Crippen molar-refractivity contribution in [1.29, 1.82) is 0 Å². The lowest BCUT2D eigenvalue weighted by Gasteiger charge is -2.15. The lowest BCUT2D eigenvalue weighted by Crippen LogP contribution is -2.31. The molecule has 126 valence electrons. The second-order valence-electron chi connectivity index (χ2n) is 4.91. The highest BCUT2D eigenvalue weighted by Gasteiger charge is 2.15. The summed E-state index contributed by atoms with van der Waals surface area (Å²) in [7, 11) is 0. The molecule has 1 aromatic carbocycles. The Morgan fingerprint density at radius 1 is 1.33 bits per heavy atom. The Morgan fingerprint density at radius 2 is 2.12 bits per heavy atom. The molecular formula is C17H15F2NO3S. The number of esters is 1. The van der Waals surface area contributed by atoms with Gasteiger partial charge in [-0.2, -0.15) is 0 Å². The minimum absolute atomic E-state index is 0.147. The van der Waals surface area contributed by atoms with E-state index in [9.17, 15) is 18.4 Å². The molecule has 1 amide bonds. The highest BCUT2D eigenvalue weighted by atomic mass is 32.1. The Hall–Kier alpha value is -2.54. The van der Waals surface area contributed by atoms with Crippen LogP contribution >= 0.6 is 11.3 Å². The van der Waals surface area contributed by atoms with Crippen LogP contribution in [0.3, 0.4) is 0 Å². The molecule has 0 bridgehead atoms. The number of thiophene rings is 1. The van der Waals surface area contributed by atoms with E-state index in [4.69, 9.17) is 4.74 Å². The molecule has 0 saturated heterocycles. The molecule has 4 nitrogen and oxygen atoms in total. The van der Waals surface area contributed by atoms with E-state index in [0.29, 0.717) is 0 Å². The highest BCUT2D eigenvalue weighted by Crippen LogP contribution is 2.17. The molecule has 1 aromatic heterocycles. The standard InChI is InChI=1S/C17H15F2NO3S/c1-11(14-6-4-12(18)9-15(14)19)20-16(21)10-23-17(22)7-5-13-3-2-8-24-13/h2-9,11H,10H2,1H3,(H,20,21)/b7-5+/t11-/m1/s1. The first kappa shape index (κ1) is 17.8. The van der Waals surface area contributed by atoms with Gasteiger partial charge in [-0.15, -0.1) is 11.3 Å². The van der Waals surface area contributed by atoms with E-state index >= 15 is 0 Å². The maximum absolute atomic E-state index is 13.6. The van der Waals surface area contributed by atoms with Gasteiger partial charge in [0.15, 0.2) is 6.61 Å². The Labute approximate surface area is 141 Å². The van der Waals surface area contributed by atoms with E-state index in [1.165, 1.54) is 23.5 Å². The summed E-state index contributed by atoms with van der Waals surface area (Å²) in [6, 6.07) is 6.10. The molecule has 0 unspecified atom stereocenters. The van der Waals surface area contributed by atoms with Crippen molar-refractivity contribution in [3.05, 3.63) is 63.9 Å². The van der Waals surface area contributed by atoms with Gasteiger partial charge in [-0.05, 0) is 30.5 Å². The molecule has 2 aromatic rings. The summed E-state index contributed by atoms with van der Waals surface area (Å²) in [6.45, 7) is 1.06. The summed E-state index contributed by atoms with van der Waals surface area (Å²) < 4.78 is 31.3. The lowest BCUT2D eigenvalue weighted by atomic mass is 10.1. The van der Waals surface area contributed by atoms with Gasteiger partial charge in [0.05, 0.1) is 6.04 Å². The fraction of sp³-hybridized carbons (Fsp3) is 0.176. The second kappa shape index (κ2) is 8.35. The van der Waals surface area contributed by atoms with Crippen LogP contribution < -0.4 is 5.32 Å². The number of rotatable bonds is 6. The Morgan fingerprint density at radius 3 is 2.79 bits per heavy atom. The zero-order chi connectivity index (χ0) is 17.5. The second-order valence-corrected chi connectivity index (χ2v) is 5.89. The largest absolute Gasteiger partial charge is 0.452 e. The quantitative estimate of drug-likeness (QED) is 0.641. The van der Waals surface area contributed by atoms with Gasteiger partial charge in [0.2, 0.25) is 0 Å². The van der Waals surface area contributed by atoms with E-state index in [0.717, 1.165) is 17.0 Å². The molecule has 2 rings (SSSR count). The highest BCUT2D eigenvalue weighted by molar-refractivity contribution is 7.10. The number of halogens is 2. The molecule has 0 aliphatic rings. The molecule has 0 aliphatic heterocycles. The molecule has 1 N–H and O–H groups in total. The van der Waals surface area contributed by atoms with Gasteiger partial charge in [-0.1, -0.05) is 12.1 Å². The minimum Gasteiger partial charge on any atom is -0.452 e. The maximum atomic E-state index is 13.6. The van der Waals surface area contributed by atoms with Crippen LogP contribution in [-0.2, 0) is 14.3 Å². The van der Waals surface area contributed by atoms with Gasteiger partial charge in [0, 0.05) is 22.6 Å². The molecule has 24 heavy (non-hydrogen) atoms. The fourth-order valence-electron chi connectivity index (χ4n) is 1.93. The van der Waals surface area contributed by atoms with E-state index in [2.05, 4.69) is 5.32 Å². The van der Waals surface area contributed by atoms with Crippen molar-refractivity contribution >= 4 is 29.3 Å². The van der Waals surface area contributed by atoms with Crippen molar-refractivity contribution in [3.63, 3.8) is 0 Å². The third-order valence-corrected chi connectivity index (χ3v) is 3.92. The summed E-state index contributed by atoms with van der Waals surface area (Å²) in [5.74, 6) is -2.68. The topological polar surface area (TPSA) is 55.4 Å². The molecule has 1 atom stereocenters. The average molecular weight is 351 g/mol. The number of hydrogen-bond acceptors (Lipinski definition) is 4. The molecule has 0 radical (unpaired) electrons. The number of nitrogens with one attached hydrogen (secondary N) is 1.